The van der Waals surface area contributed by atoms with Gasteiger partial charge >= 0.3 is 0 Å². The van der Waals surface area contributed by atoms with E-state index >= 15 is 0 Å². The first kappa shape index (κ1) is 26.6. The van der Waals surface area contributed by atoms with E-state index in [-0.39, 0.29) is 53.6 Å². The van der Waals surface area contributed by atoms with Crippen molar-refractivity contribution in [3.05, 3.63) is 77.3 Å². The molecule has 0 aliphatic carbocycles. The molecule has 0 fully saturated rings. The van der Waals surface area contributed by atoms with Gasteiger partial charge in [0.1, 0.15) is 30.0 Å². The molecular weight excluding hydrogens is 496 g/mol. The largest absolute Gasteiger partial charge is 0.508 e. The summed E-state index contributed by atoms with van der Waals surface area (Å²) in [4.78, 5) is -0.0279. The molecule has 188 valence electrons. The average Bonchev–Trinajstić information content (AvgIpc) is 2.83. The fourth-order valence-electron chi connectivity index (χ4n) is 3.18. The van der Waals surface area contributed by atoms with Crippen LogP contribution in [0.1, 0.15) is 5.56 Å². The highest BCUT2D eigenvalue weighted by atomic mass is 35.5. The van der Waals surface area contributed by atoms with Crippen molar-refractivity contribution < 1.29 is 33.6 Å². The third kappa shape index (κ3) is 8.01. The smallest absolute Gasteiger partial charge is 0.262 e. The minimum Gasteiger partial charge on any atom is -0.508 e. The first-order chi connectivity index (χ1) is 16.7. The maximum atomic E-state index is 12.6. The molecule has 0 spiro atoms. The van der Waals surface area contributed by atoms with Crippen molar-refractivity contribution in [1.29, 1.82) is 0 Å². The lowest BCUT2D eigenvalue weighted by atomic mass is 10.1. The van der Waals surface area contributed by atoms with Crippen LogP contribution in [-0.2, 0) is 16.4 Å². The van der Waals surface area contributed by atoms with Gasteiger partial charge in [-0.1, -0.05) is 23.7 Å². The first-order valence-corrected chi connectivity index (χ1v) is 12.6. The van der Waals surface area contributed by atoms with Crippen molar-refractivity contribution in [2.24, 2.45) is 0 Å². The highest BCUT2D eigenvalue weighted by Crippen LogP contribution is 2.30. The molecule has 9 nitrogen and oxygen atoms in total. The fourth-order valence-corrected chi connectivity index (χ4v) is 4.37. The Bertz CT molecular complexity index is 1210. The Balaban J connectivity index is 1.54. The van der Waals surface area contributed by atoms with Gasteiger partial charge in [0.2, 0.25) is 0 Å². The van der Waals surface area contributed by atoms with Gasteiger partial charge in [0.25, 0.3) is 10.0 Å². The topological polar surface area (TPSA) is 148 Å². The summed E-state index contributed by atoms with van der Waals surface area (Å²) in [7, 11) is -3.97. The first-order valence-electron chi connectivity index (χ1n) is 10.7. The maximum absolute atomic E-state index is 12.6. The van der Waals surface area contributed by atoms with Crippen LogP contribution >= 0.6 is 11.6 Å². The number of hydrogen-bond donors (Lipinski definition) is 6. The SMILES string of the molecule is O=S(=O)(Nc1cc(OC[C@@H](O)CN[C@H](CO)Cc2ccc(O)cc2)ccc1O)c1ccc(Cl)cc1. The summed E-state index contributed by atoms with van der Waals surface area (Å²) >= 11 is 5.80. The van der Waals surface area contributed by atoms with Crippen LogP contribution in [0.5, 0.6) is 17.2 Å². The van der Waals surface area contributed by atoms with E-state index in [1.165, 1.54) is 42.5 Å². The number of hydrogen-bond acceptors (Lipinski definition) is 8. The zero-order chi connectivity index (χ0) is 25.4. The number of halogens is 1. The van der Waals surface area contributed by atoms with Gasteiger partial charge in [-0.25, -0.2) is 8.42 Å². The number of ether oxygens (including phenoxy) is 1. The van der Waals surface area contributed by atoms with Gasteiger partial charge in [-0.2, -0.15) is 0 Å². The number of aromatic hydroxyl groups is 2. The number of phenolic OH excluding ortho intramolecular Hbond substituents is 2. The maximum Gasteiger partial charge on any atom is 0.262 e. The Kier molecular flexibility index (Phi) is 9.19. The highest BCUT2D eigenvalue weighted by molar-refractivity contribution is 7.92. The standard InChI is InChI=1S/C24H27ClN2O7S/c25-17-3-8-22(9-4-17)35(32,33)27-23-12-21(7-10-24(23)31)34-15-20(30)13-26-18(14-28)11-16-1-5-19(29)6-2-16/h1-10,12,18,20,26-31H,11,13-15H2/t18-,20-/m0/s1. The van der Waals surface area contributed by atoms with E-state index in [9.17, 15) is 28.8 Å². The Hall–Kier alpha value is -3.02. The average molecular weight is 523 g/mol. The molecule has 0 amide bonds. The summed E-state index contributed by atoms with van der Waals surface area (Å²) in [6, 6.07) is 15.9. The van der Waals surface area contributed by atoms with E-state index in [1.807, 2.05) is 0 Å². The summed E-state index contributed by atoms with van der Waals surface area (Å²) in [5.74, 6) is 0.0978. The normalized spacial score (nSPS) is 13.2. The van der Waals surface area contributed by atoms with Gasteiger partial charge in [0, 0.05) is 23.7 Å². The quantitative estimate of drug-likeness (QED) is 0.199. The van der Waals surface area contributed by atoms with Crippen molar-refractivity contribution in [3.63, 3.8) is 0 Å². The second kappa shape index (κ2) is 12.1. The van der Waals surface area contributed by atoms with E-state index in [0.717, 1.165) is 5.56 Å². The number of nitrogens with one attached hydrogen (secondary N) is 2. The zero-order valence-corrected chi connectivity index (χ0v) is 20.2. The number of phenols is 2. The highest BCUT2D eigenvalue weighted by Gasteiger charge is 2.17. The van der Waals surface area contributed by atoms with Crippen LogP contribution in [0.2, 0.25) is 5.02 Å². The predicted octanol–water partition coefficient (Wildman–Crippen LogP) is 2.48. The van der Waals surface area contributed by atoms with Crippen LogP contribution in [0.25, 0.3) is 0 Å². The van der Waals surface area contributed by atoms with E-state index in [1.54, 1.807) is 24.3 Å². The minimum absolute atomic E-state index is 0.0279. The molecule has 3 rings (SSSR count). The van der Waals surface area contributed by atoms with Crippen molar-refractivity contribution in [1.82, 2.24) is 5.32 Å². The summed E-state index contributed by atoms with van der Waals surface area (Å²) in [5, 5.41) is 42.7. The Morgan fingerprint density at radius 1 is 0.971 bits per heavy atom. The second-order valence-electron chi connectivity index (χ2n) is 7.86. The van der Waals surface area contributed by atoms with Crippen LogP contribution in [0.4, 0.5) is 5.69 Å². The molecule has 0 radical (unpaired) electrons. The molecule has 3 aromatic rings. The van der Waals surface area contributed by atoms with E-state index in [4.69, 9.17) is 16.3 Å². The van der Waals surface area contributed by atoms with E-state index < -0.39 is 16.1 Å². The van der Waals surface area contributed by atoms with Crippen molar-refractivity contribution in [2.45, 2.75) is 23.5 Å². The second-order valence-corrected chi connectivity index (χ2v) is 9.98. The molecular formula is C24H27ClN2O7S. The lowest BCUT2D eigenvalue weighted by molar-refractivity contribution is 0.0997. The van der Waals surface area contributed by atoms with Gasteiger partial charge in [-0.3, -0.25) is 4.72 Å². The molecule has 0 unspecified atom stereocenters. The van der Waals surface area contributed by atoms with Gasteiger partial charge < -0.3 is 30.5 Å². The third-order valence-corrected chi connectivity index (χ3v) is 6.69. The number of benzene rings is 3. The van der Waals surface area contributed by atoms with E-state index in [2.05, 4.69) is 10.0 Å². The number of sulfonamides is 1. The monoisotopic (exact) mass is 522 g/mol. The molecule has 0 bridgehead atoms. The van der Waals surface area contributed by atoms with Gasteiger partial charge in [-0.15, -0.1) is 0 Å². The predicted molar refractivity (Wildman–Crippen MR) is 133 cm³/mol. The van der Waals surface area contributed by atoms with Crippen LogP contribution < -0.4 is 14.8 Å². The summed E-state index contributed by atoms with van der Waals surface area (Å²) < 4.78 is 33.0. The lowest BCUT2D eigenvalue weighted by Gasteiger charge is -2.19. The van der Waals surface area contributed by atoms with Crippen LogP contribution in [-0.4, -0.2) is 60.7 Å². The molecule has 0 saturated heterocycles. The van der Waals surface area contributed by atoms with Gasteiger partial charge in [-0.05, 0) is 60.5 Å². The van der Waals surface area contributed by atoms with E-state index in [0.29, 0.717) is 11.4 Å². The molecule has 6 N–H and O–H groups in total. The summed E-state index contributed by atoms with van der Waals surface area (Å²) in [6.07, 6.45) is -0.425. The van der Waals surface area contributed by atoms with Crippen molar-refractivity contribution in [2.75, 3.05) is 24.5 Å². The molecule has 3 aromatic carbocycles. The molecule has 0 aromatic heterocycles. The molecule has 0 saturated carbocycles. The Labute approximate surface area is 208 Å². The van der Waals surface area contributed by atoms with Crippen LogP contribution in [0.15, 0.2) is 71.6 Å². The molecule has 0 heterocycles. The fraction of sp³-hybridized carbons (Fsp3) is 0.250. The zero-order valence-electron chi connectivity index (χ0n) is 18.6. The third-order valence-electron chi connectivity index (χ3n) is 5.06. The summed E-state index contributed by atoms with van der Waals surface area (Å²) in [5.41, 5.74) is 0.831. The molecule has 11 heteroatoms. The summed E-state index contributed by atoms with van der Waals surface area (Å²) in [6.45, 7) is -0.126. The molecule has 0 aliphatic rings. The molecule has 2 atom stereocenters. The van der Waals surface area contributed by atoms with Gasteiger partial charge in [0.15, 0.2) is 0 Å². The van der Waals surface area contributed by atoms with Crippen LogP contribution in [0, 0.1) is 0 Å². The van der Waals surface area contributed by atoms with Crippen molar-refractivity contribution in [3.8, 4) is 17.2 Å². The minimum atomic E-state index is -3.97. The number of anilines is 1. The number of aliphatic hydroxyl groups excluding tert-OH is 2. The van der Waals surface area contributed by atoms with Crippen molar-refractivity contribution >= 4 is 27.3 Å². The molecule has 0 aliphatic heterocycles. The van der Waals surface area contributed by atoms with Crippen LogP contribution in [0.3, 0.4) is 0 Å². The Morgan fingerprint density at radius 3 is 2.31 bits per heavy atom. The Morgan fingerprint density at radius 2 is 1.66 bits per heavy atom. The van der Waals surface area contributed by atoms with Gasteiger partial charge in [0.05, 0.1) is 17.2 Å². The lowest BCUT2D eigenvalue weighted by Crippen LogP contribution is -2.41. The number of rotatable bonds is 12. The molecule has 35 heavy (non-hydrogen) atoms. The number of aliphatic hydroxyl groups is 2.